The van der Waals surface area contributed by atoms with Gasteiger partial charge in [-0.15, -0.1) is 0 Å². The van der Waals surface area contributed by atoms with Crippen molar-refractivity contribution in [1.82, 2.24) is 25.3 Å². The van der Waals surface area contributed by atoms with E-state index in [4.69, 9.17) is 0 Å². The topological polar surface area (TPSA) is 57.5 Å². The Morgan fingerprint density at radius 2 is 2.09 bits per heavy atom. The summed E-state index contributed by atoms with van der Waals surface area (Å²) in [4.78, 5) is 7.21. The average molecular weight is 320 g/mol. The molecule has 0 radical (unpaired) electrons. The Hall–Kier alpha value is -1.56. The third-order valence-electron chi connectivity index (χ3n) is 4.17. The number of hydrogen-bond donors (Lipinski definition) is 2. The number of hydrogen-bond acceptors (Lipinski definition) is 3. The molecular weight excluding hydrogens is 288 g/mol. The zero-order chi connectivity index (χ0) is 16.3. The van der Waals surface area contributed by atoms with E-state index in [2.05, 4.69) is 38.7 Å². The second kappa shape index (κ2) is 10.3. The number of nitrogens with one attached hydrogen (secondary N) is 2. The maximum atomic E-state index is 4.67. The molecule has 0 amide bonds. The van der Waals surface area contributed by atoms with Gasteiger partial charge in [-0.3, -0.25) is 9.67 Å². The van der Waals surface area contributed by atoms with Crippen molar-refractivity contribution in [1.29, 1.82) is 0 Å². The Kier molecular flexibility index (Phi) is 7.93. The van der Waals surface area contributed by atoms with Gasteiger partial charge in [0.2, 0.25) is 0 Å². The highest BCUT2D eigenvalue weighted by Gasteiger charge is 2.09. The van der Waals surface area contributed by atoms with E-state index in [-0.39, 0.29) is 0 Å². The van der Waals surface area contributed by atoms with Crippen LogP contribution < -0.4 is 10.6 Å². The lowest BCUT2D eigenvalue weighted by atomic mass is 10.1. The Balaban J connectivity index is 1.64. The lowest BCUT2D eigenvalue weighted by Crippen LogP contribution is -2.42. The second-order valence-corrected chi connectivity index (χ2v) is 6.22. The zero-order valence-corrected chi connectivity index (χ0v) is 14.7. The van der Waals surface area contributed by atoms with Gasteiger partial charge >= 0.3 is 0 Å². The lowest BCUT2D eigenvalue weighted by Gasteiger charge is -2.26. The Morgan fingerprint density at radius 3 is 2.78 bits per heavy atom. The van der Waals surface area contributed by atoms with Crippen molar-refractivity contribution in [2.75, 3.05) is 39.3 Å². The summed E-state index contributed by atoms with van der Waals surface area (Å²) in [5, 5.41) is 11.0. The van der Waals surface area contributed by atoms with Crippen LogP contribution in [0.25, 0.3) is 0 Å². The van der Waals surface area contributed by atoms with Crippen molar-refractivity contribution in [3.05, 3.63) is 18.0 Å². The van der Waals surface area contributed by atoms with Crippen LogP contribution in [-0.4, -0.2) is 59.9 Å². The van der Waals surface area contributed by atoms with Gasteiger partial charge in [0.25, 0.3) is 0 Å². The van der Waals surface area contributed by atoms with Crippen LogP contribution in [0.4, 0.5) is 0 Å². The summed E-state index contributed by atoms with van der Waals surface area (Å²) in [6.07, 6.45) is 10.2. The number of aliphatic imine (C=N–C) groups is 1. The van der Waals surface area contributed by atoms with Gasteiger partial charge in [0.15, 0.2) is 5.96 Å². The average Bonchev–Trinajstić information content (AvgIpc) is 2.98. The van der Waals surface area contributed by atoms with Gasteiger partial charge in [-0.1, -0.05) is 6.42 Å². The molecule has 1 aliphatic rings. The van der Waals surface area contributed by atoms with E-state index in [1.807, 2.05) is 17.9 Å². The Bertz CT molecular complexity index is 461. The van der Waals surface area contributed by atoms with Crippen LogP contribution in [0.1, 0.15) is 38.2 Å². The monoisotopic (exact) mass is 320 g/mol. The molecule has 130 valence electrons. The molecule has 6 heteroatoms. The highest BCUT2D eigenvalue weighted by atomic mass is 15.2. The number of aryl methyl sites for hydroxylation is 2. The van der Waals surface area contributed by atoms with Crippen LogP contribution in [0, 0.1) is 0 Å². The van der Waals surface area contributed by atoms with Crippen molar-refractivity contribution in [3.8, 4) is 0 Å². The molecule has 0 aliphatic carbocycles. The summed E-state index contributed by atoms with van der Waals surface area (Å²) in [5.41, 5.74) is 1.28. The Labute approximate surface area is 140 Å². The predicted octanol–water partition coefficient (Wildman–Crippen LogP) is 1.39. The molecule has 1 aromatic heterocycles. The van der Waals surface area contributed by atoms with E-state index in [1.54, 1.807) is 0 Å². The van der Waals surface area contributed by atoms with Gasteiger partial charge in [-0.25, -0.2) is 0 Å². The largest absolute Gasteiger partial charge is 0.357 e. The molecule has 0 aromatic carbocycles. The molecule has 1 aromatic rings. The normalized spacial score (nSPS) is 16.5. The second-order valence-electron chi connectivity index (χ2n) is 6.22. The third-order valence-corrected chi connectivity index (χ3v) is 4.17. The van der Waals surface area contributed by atoms with E-state index < -0.39 is 0 Å². The van der Waals surface area contributed by atoms with E-state index >= 15 is 0 Å². The fourth-order valence-electron chi connectivity index (χ4n) is 2.93. The van der Waals surface area contributed by atoms with Crippen molar-refractivity contribution in [2.24, 2.45) is 12.0 Å². The number of likely N-dealkylation sites (tertiary alicyclic amines) is 1. The van der Waals surface area contributed by atoms with Crippen LogP contribution >= 0.6 is 0 Å². The summed E-state index contributed by atoms with van der Waals surface area (Å²) < 4.78 is 1.85. The van der Waals surface area contributed by atoms with Gasteiger partial charge < -0.3 is 15.5 Å². The number of guanidine groups is 1. The molecule has 0 atom stereocenters. The van der Waals surface area contributed by atoms with Crippen LogP contribution in [0.3, 0.4) is 0 Å². The van der Waals surface area contributed by atoms with Crippen molar-refractivity contribution < 1.29 is 0 Å². The van der Waals surface area contributed by atoms with E-state index in [9.17, 15) is 0 Å². The summed E-state index contributed by atoms with van der Waals surface area (Å²) in [6, 6.07) is 0. The van der Waals surface area contributed by atoms with Gasteiger partial charge in [-0.05, 0) is 51.3 Å². The molecule has 0 bridgehead atoms. The minimum absolute atomic E-state index is 0.841. The first kappa shape index (κ1) is 17.8. The summed E-state index contributed by atoms with van der Waals surface area (Å²) in [6.45, 7) is 8.43. The predicted molar refractivity (Wildman–Crippen MR) is 95.8 cm³/mol. The van der Waals surface area contributed by atoms with Crippen LogP contribution in [0.5, 0.6) is 0 Å². The molecule has 1 aliphatic heterocycles. The fourth-order valence-corrected chi connectivity index (χ4v) is 2.93. The number of piperidine rings is 1. The maximum absolute atomic E-state index is 4.67. The van der Waals surface area contributed by atoms with Crippen LogP contribution in [0.2, 0.25) is 0 Å². The lowest BCUT2D eigenvalue weighted by molar-refractivity contribution is 0.232. The standard InChI is InChI=1S/C17H32N6/c1-3-18-17(20-10-13-23-11-5-4-6-12-23)19-9-7-8-16-14-21-22(2)15-16/h14-15H,3-13H2,1-2H3,(H2,18,19,20). The molecular formula is C17H32N6. The molecule has 1 saturated heterocycles. The fraction of sp³-hybridized carbons (Fsp3) is 0.765. The summed E-state index contributed by atoms with van der Waals surface area (Å²) in [5.74, 6) is 0.940. The van der Waals surface area contributed by atoms with Gasteiger partial charge in [-0.2, -0.15) is 5.10 Å². The molecule has 0 spiro atoms. The van der Waals surface area contributed by atoms with E-state index in [0.29, 0.717) is 0 Å². The minimum atomic E-state index is 0.841. The minimum Gasteiger partial charge on any atom is -0.357 e. The van der Waals surface area contributed by atoms with Gasteiger partial charge in [0.1, 0.15) is 0 Å². The number of rotatable bonds is 8. The van der Waals surface area contributed by atoms with Crippen LogP contribution in [0.15, 0.2) is 17.4 Å². The van der Waals surface area contributed by atoms with Crippen molar-refractivity contribution in [2.45, 2.75) is 39.0 Å². The maximum Gasteiger partial charge on any atom is 0.191 e. The quantitative estimate of drug-likeness (QED) is 0.432. The van der Waals surface area contributed by atoms with Crippen molar-refractivity contribution in [3.63, 3.8) is 0 Å². The van der Waals surface area contributed by atoms with E-state index in [0.717, 1.165) is 45.0 Å². The first-order chi connectivity index (χ1) is 11.3. The van der Waals surface area contributed by atoms with Crippen LogP contribution in [-0.2, 0) is 13.5 Å². The summed E-state index contributed by atoms with van der Waals surface area (Å²) >= 11 is 0. The molecule has 2 rings (SSSR count). The molecule has 1 fully saturated rings. The molecule has 0 saturated carbocycles. The Morgan fingerprint density at radius 1 is 1.26 bits per heavy atom. The highest BCUT2D eigenvalue weighted by molar-refractivity contribution is 5.79. The first-order valence-electron chi connectivity index (χ1n) is 9.00. The SMILES string of the molecule is CCNC(=NCCCc1cnn(C)c1)NCCN1CCCCC1. The number of aromatic nitrogens is 2. The third kappa shape index (κ3) is 7.03. The van der Waals surface area contributed by atoms with Crippen molar-refractivity contribution >= 4 is 5.96 Å². The first-order valence-corrected chi connectivity index (χ1v) is 9.00. The molecule has 2 N–H and O–H groups in total. The summed E-state index contributed by atoms with van der Waals surface area (Å²) in [7, 11) is 1.96. The van der Waals surface area contributed by atoms with Gasteiger partial charge in [0, 0.05) is 39.4 Å². The molecule has 2 heterocycles. The van der Waals surface area contributed by atoms with E-state index in [1.165, 1.54) is 37.9 Å². The molecule has 6 nitrogen and oxygen atoms in total. The van der Waals surface area contributed by atoms with Gasteiger partial charge in [0.05, 0.1) is 6.20 Å². The highest BCUT2D eigenvalue weighted by Crippen LogP contribution is 2.07. The smallest absolute Gasteiger partial charge is 0.191 e. The number of nitrogens with zero attached hydrogens (tertiary/aromatic N) is 4. The molecule has 23 heavy (non-hydrogen) atoms. The zero-order valence-electron chi connectivity index (χ0n) is 14.7. The molecule has 0 unspecified atom stereocenters.